The summed E-state index contributed by atoms with van der Waals surface area (Å²) in [5.41, 5.74) is 0. The first-order valence-corrected chi connectivity index (χ1v) is 7.07. The fraction of sp³-hybridized carbons (Fsp3) is 0.923. The minimum Gasteiger partial charge on any atom is -0.381 e. The number of carbonyl (C=O) groups excluding carboxylic acids is 1. The van der Waals surface area contributed by atoms with Crippen molar-refractivity contribution in [2.45, 2.75) is 25.8 Å². The van der Waals surface area contributed by atoms with E-state index in [0.717, 1.165) is 58.8 Å². The van der Waals surface area contributed by atoms with Crippen LogP contribution in [0.15, 0.2) is 0 Å². The van der Waals surface area contributed by atoms with E-state index in [9.17, 15) is 4.79 Å². The highest BCUT2D eigenvalue weighted by Crippen LogP contribution is 2.08. The number of ether oxygens (including phenoxy) is 1. The summed E-state index contributed by atoms with van der Waals surface area (Å²) >= 11 is 0. The molecule has 2 aliphatic rings. The summed E-state index contributed by atoms with van der Waals surface area (Å²) in [6, 6.07) is 0.316. The Labute approximate surface area is 109 Å². The molecule has 104 valence electrons. The first-order valence-electron chi connectivity index (χ1n) is 7.07. The fourth-order valence-corrected chi connectivity index (χ4v) is 2.55. The van der Waals surface area contributed by atoms with Gasteiger partial charge in [-0.2, -0.15) is 0 Å². The Hall–Kier alpha value is -0.650. The quantitative estimate of drug-likeness (QED) is 0.732. The number of nitrogens with one attached hydrogen (secondary N) is 2. The second kappa shape index (κ2) is 7.07. The zero-order chi connectivity index (χ0) is 12.8. The van der Waals surface area contributed by atoms with Crippen LogP contribution in [0.1, 0.15) is 19.8 Å². The zero-order valence-electron chi connectivity index (χ0n) is 11.3. The molecule has 0 aromatic heterocycles. The van der Waals surface area contributed by atoms with Crippen molar-refractivity contribution in [3.8, 4) is 0 Å². The maximum atomic E-state index is 12.1. The molecule has 0 spiro atoms. The first-order chi connectivity index (χ1) is 8.75. The van der Waals surface area contributed by atoms with Crippen LogP contribution in [0, 0.1) is 5.92 Å². The molecule has 1 unspecified atom stereocenters. The lowest BCUT2D eigenvalue weighted by atomic mass is 10.1. The highest BCUT2D eigenvalue weighted by molar-refractivity contribution is 5.78. The molecule has 2 aliphatic heterocycles. The molecule has 0 aromatic carbocycles. The van der Waals surface area contributed by atoms with Crippen LogP contribution in [0.5, 0.6) is 0 Å². The van der Waals surface area contributed by atoms with Crippen LogP contribution in [0.25, 0.3) is 0 Å². The summed E-state index contributed by atoms with van der Waals surface area (Å²) < 4.78 is 5.30. The van der Waals surface area contributed by atoms with Crippen LogP contribution in [0.4, 0.5) is 0 Å². The smallest absolute Gasteiger partial charge is 0.224 e. The van der Waals surface area contributed by atoms with E-state index in [4.69, 9.17) is 4.74 Å². The molecular weight excluding hydrogens is 230 g/mol. The van der Waals surface area contributed by atoms with Crippen molar-refractivity contribution in [1.82, 2.24) is 15.5 Å². The van der Waals surface area contributed by atoms with Gasteiger partial charge in [0.15, 0.2) is 0 Å². The molecule has 18 heavy (non-hydrogen) atoms. The molecule has 0 radical (unpaired) electrons. The SMILES string of the molecule is CC(CN1CCNCC1)C(=O)NC1CCOCC1. The topological polar surface area (TPSA) is 53.6 Å². The van der Waals surface area contributed by atoms with Gasteiger partial charge in [-0.05, 0) is 12.8 Å². The van der Waals surface area contributed by atoms with E-state index in [0.29, 0.717) is 6.04 Å². The third kappa shape index (κ3) is 4.23. The highest BCUT2D eigenvalue weighted by atomic mass is 16.5. The molecule has 0 aliphatic carbocycles. The molecule has 1 atom stereocenters. The Morgan fingerprint density at radius 2 is 2.06 bits per heavy atom. The third-order valence-electron chi connectivity index (χ3n) is 3.76. The molecule has 2 N–H and O–H groups in total. The Morgan fingerprint density at radius 1 is 1.39 bits per heavy atom. The molecule has 2 saturated heterocycles. The van der Waals surface area contributed by atoms with Gasteiger partial charge < -0.3 is 20.3 Å². The van der Waals surface area contributed by atoms with E-state index >= 15 is 0 Å². The lowest BCUT2D eigenvalue weighted by Gasteiger charge is -2.30. The molecule has 2 heterocycles. The summed E-state index contributed by atoms with van der Waals surface area (Å²) in [6.07, 6.45) is 1.90. The zero-order valence-corrected chi connectivity index (χ0v) is 11.3. The minimum absolute atomic E-state index is 0.0749. The fourth-order valence-electron chi connectivity index (χ4n) is 2.55. The Bertz CT molecular complexity index is 261. The predicted molar refractivity (Wildman–Crippen MR) is 70.5 cm³/mol. The van der Waals surface area contributed by atoms with Crippen molar-refractivity contribution in [3.63, 3.8) is 0 Å². The van der Waals surface area contributed by atoms with E-state index in [2.05, 4.69) is 15.5 Å². The van der Waals surface area contributed by atoms with E-state index in [1.54, 1.807) is 0 Å². The number of rotatable bonds is 4. The summed E-state index contributed by atoms with van der Waals surface area (Å²) in [4.78, 5) is 14.5. The normalized spacial score (nSPS) is 24.7. The lowest BCUT2D eigenvalue weighted by molar-refractivity contribution is -0.126. The molecule has 2 rings (SSSR count). The predicted octanol–water partition coefficient (Wildman–Crippen LogP) is -0.177. The Kier molecular flexibility index (Phi) is 5.41. The van der Waals surface area contributed by atoms with Crippen LogP contribution in [0.2, 0.25) is 0 Å². The maximum Gasteiger partial charge on any atom is 0.224 e. The van der Waals surface area contributed by atoms with Crippen molar-refractivity contribution in [2.24, 2.45) is 5.92 Å². The Balaban J connectivity index is 1.69. The molecule has 2 fully saturated rings. The standard InChI is InChI=1S/C13H25N3O2/c1-11(10-16-6-4-14-5-7-16)13(17)15-12-2-8-18-9-3-12/h11-12,14H,2-10H2,1H3,(H,15,17). The molecule has 0 bridgehead atoms. The van der Waals surface area contributed by atoms with E-state index in [1.165, 1.54) is 0 Å². The van der Waals surface area contributed by atoms with Crippen molar-refractivity contribution >= 4 is 5.91 Å². The molecule has 0 aromatic rings. The Morgan fingerprint density at radius 3 is 2.72 bits per heavy atom. The number of hydrogen-bond acceptors (Lipinski definition) is 4. The van der Waals surface area contributed by atoms with Gasteiger partial charge in [0.05, 0.1) is 0 Å². The van der Waals surface area contributed by atoms with Gasteiger partial charge in [0.1, 0.15) is 0 Å². The summed E-state index contributed by atoms with van der Waals surface area (Å²) in [5, 5.41) is 6.47. The largest absolute Gasteiger partial charge is 0.381 e. The number of hydrogen-bond donors (Lipinski definition) is 2. The summed E-state index contributed by atoms with van der Waals surface area (Å²) in [5.74, 6) is 0.270. The van der Waals surface area contributed by atoms with Crippen molar-refractivity contribution in [2.75, 3.05) is 45.9 Å². The van der Waals surface area contributed by atoms with Crippen LogP contribution in [-0.2, 0) is 9.53 Å². The molecule has 5 heteroatoms. The van der Waals surface area contributed by atoms with Gasteiger partial charge in [0.2, 0.25) is 5.91 Å². The van der Waals surface area contributed by atoms with Crippen LogP contribution in [-0.4, -0.2) is 62.8 Å². The minimum atomic E-state index is 0.0749. The average Bonchev–Trinajstić information content (AvgIpc) is 2.41. The van der Waals surface area contributed by atoms with Crippen molar-refractivity contribution in [3.05, 3.63) is 0 Å². The van der Waals surface area contributed by atoms with Gasteiger partial charge in [0, 0.05) is 57.9 Å². The number of piperazine rings is 1. The highest BCUT2D eigenvalue weighted by Gasteiger charge is 2.22. The van der Waals surface area contributed by atoms with E-state index in [-0.39, 0.29) is 11.8 Å². The number of carbonyl (C=O) groups is 1. The van der Waals surface area contributed by atoms with Gasteiger partial charge >= 0.3 is 0 Å². The third-order valence-corrected chi connectivity index (χ3v) is 3.76. The van der Waals surface area contributed by atoms with Gasteiger partial charge in [-0.3, -0.25) is 4.79 Å². The van der Waals surface area contributed by atoms with E-state index in [1.807, 2.05) is 6.92 Å². The van der Waals surface area contributed by atoms with Crippen molar-refractivity contribution < 1.29 is 9.53 Å². The van der Waals surface area contributed by atoms with Gasteiger partial charge in [0.25, 0.3) is 0 Å². The van der Waals surface area contributed by atoms with Crippen molar-refractivity contribution in [1.29, 1.82) is 0 Å². The average molecular weight is 255 g/mol. The first kappa shape index (κ1) is 13.8. The second-order valence-electron chi connectivity index (χ2n) is 5.35. The lowest BCUT2D eigenvalue weighted by Crippen LogP contribution is -2.48. The van der Waals surface area contributed by atoms with Crippen LogP contribution < -0.4 is 10.6 Å². The van der Waals surface area contributed by atoms with Gasteiger partial charge in [-0.15, -0.1) is 0 Å². The number of amides is 1. The van der Waals surface area contributed by atoms with Crippen LogP contribution in [0.3, 0.4) is 0 Å². The number of nitrogens with zero attached hydrogens (tertiary/aromatic N) is 1. The monoisotopic (exact) mass is 255 g/mol. The molecule has 5 nitrogen and oxygen atoms in total. The second-order valence-corrected chi connectivity index (χ2v) is 5.35. The van der Waals surface area contributed by atoms with E-state index < -0.39 is 0 Å². The van der Waals surface area contributed by atoms with Crippen LogP contribution >= 0.6 is 0 Å². The summed E-state index contributed by atoms with van der Waals surface area (Å²) in [7, 11) is 0. The molecule has 0 saturated carbocycles. The van der Waals surface area contributed by atoms with Gasteiger partial charge in [-0.25, -0.2) is 0 Å². The molecular formula is C13H25N3O2. The molecule has 1 amide bonds. The van der Waals surface area contributed by atoms with Gasteiger partial charge in [-0.1, -0.05) is 6.92 Å². The maximum absolute atomic E-state index is 12.1. The summed E-state index contributed by atoms with van der Waals surface area (Å²) in [6.45, 7) is 8.62.